The summed E-state index contributed by atoms with van der Waals surface area (Å²) >= 11 is 0. The van der Waals surface area contributed by atoms with E-state index >= 15 is 0 Å². The summed E-state index contributed by atoms with van der Waals surface area (Å²) in [5, 5.41) is 0. The highest BCUT2D eigenvalue weighted by atomic mass is 35.5. The predicted octanol–water partition coefficient (Wildman–Crippen LogP) is 3.21. The normalized spacial score (nSPS) is 10.5. The van der Waals surface area contributed by atoms with Crippen molar-refractivity contribution in [2.45, 2.75) is 110 Å². The van der Waals surface area contributed by atoms with Gasteiger partial charge in [-0.05, 0) is 13.0 Å². The zero-order valence-corrected chi connectivity index (χ0v) is 14.7. The molecule has 0 aliphatic heterocycles. The van der Waals surface area contributed by atoms with E-state index in [1.54, 1.807) is 0 Å². The van der Waals surface area contributed by atoms with E-state index in [1.807, 2.05) is 0 Å². The highest BCUT2D eigenvalue weighted by Crippen LogP contribution is 2.13. The minimum absolute atomic E-state index is 0. The van der Waals surface area contributed by atoms with Crippen molar-refractivity contribution < 1.29 is 12.4 Å². The van der Waals surface area contributed by atoms with Crippen LogP contribution in [-0.4, -0.2) is 6.54 Å². The summed E-state index contributed by atoms with van der Waals surface area (Å²) in [6, 6.07) is 0. The third kappa shape index (κ3) is 20.6. The summed E-state index contributed by atoms with van der Waals surface area (Å²) in [4.78, 5) is 0. The average Bonchev–Trinajstić information content (AvgIpc) is 2.43. The largest absolute Gasteiger partial charge is 1.00 e. The highest BCUT2D eigenvalue weighted by Gasteiger charge is 1.94. The molecule has 0 fully saturated rings. The second-order valence-electron chi connectivity index (χ2n) is 6.09. The summed E-state index contributed by atoms with van der Waals surface area (Å²) in [5.74, 6) is 0. The number of unbranched alkanes of at least 4 members (excludes halogenated alkanes) is 15. The topological polar surface area (TPSA) is 26.0 Å². The maximum atomic E-state index is 5.48. The van der Waals surface area contributed by atoms with Crippen LogP contribution in [0.3, 0.4) is 0 Å². The summed E-state index contributed by atoms with van der Waals surface area (Å²) in [6.07, 6.45) is 22.9. The molecule has 0 aliphatic carbocycles. The molecule has 0 aromatic heterocycles. The lowest BCUT2D eigenvalue weighted by molar-refractivity contribution is -0.00000438. The Kier molecular flexibility index (Phi) is 24.3. The van der Waals surface area contributed by atoms with E-state index in [0.29, 0.717) is 0 Å². The van der Waals surface area contributed by atoms with Crippen LogP contribution >= 0.6 is 0 Å². The summed E-state index contributed by atoms with van der Waals surface area (Å²) < 4.78 is 0. The molecule has 0 bridgehead atoms. The maximum Gasteiger partial charge on any atom is -0.00773 e. The van der Waals surface area contributed by atoms with Crippen molar-refractivity contribution in [1.82, 2.24) is 0 Å². The molecule has 0 aromatic rings. The Labute approximate surface area is 134 Å². The zero-order valence-electron chi connectivity index (χ0n) is 14.0. The van der Waals surface area contributed by atoms with E-state index in [-0.39, 0.29) is 12.4 Å². The Morgan fingerprint density at radius 3 is 0.950 bits per heavy atom. The summed E-state index contributed by atoms with van der Waals surface area (Å²) in [6.45, 7) is 3.16. The Balaban J connectivity index is 0. The van der Waals surface area contributed by atoms with Crippen LogP contribution in [0.2, 0.25) is 0 Å². The van der Waals surface area contributed by atoms with E-state index < -0.39 is 0 Å². The number of hydrogen-bond acceptors (Lipinski definition) is 1. The van der Waals surface area contributed by atoms with Crippen molar-refractivity contribution >= 4 is 0 Å². The van der Waals surface area contributed by atoms with Crippen LogP contribution in [-0.2, 0) is 0 Å². The summed E-state index contributed by atoms with van der Waals surface area (Å²) in [7, 11) is 0. The standard InChI is InChI=1S/C18H39N.ClH/c1-2-3-4-5-6-7-8-9-10-11-12-13-14-15-16-17-18-19;/h2-19H2,1H3;1H/p-1. The van der Waals surface area contributed by atoms with Gasteiger partial charge in [0.25, 0.3) is 0 Å². The van der Waals surface area contributed by atoms with Crippen LogP contribution in [0.15, 0.2) is 0 Å². The lowest BCUT2D eigenvalue weighted by Gasteiger charge is -2.03. The molecule has 2 N–H and O–H groups in total. The van der Waals surface area contributed by atoms with Gasteiger partial charge < -0.3 is 18.1 Å². The van der Waals surface area contributed by atoms with Gasteiger partial charge in [0.15, 0.2) is 0 Å². The third-order valence-electron chi connectivity index (χ3n) is 4.06. The molecule has 124 valence electrons. The monoisotopic (exact) mass is 304 g/mol. The van der Waals surface area contributed by atoms with E-state index in [4.69, 9.17) is 5.73 Å². The molecule has 0 saturated carbocycles. The van der Waals surface area contributed by atoms with Crippen molar-refractivity contribution in [2.24, 2.45) is 5.73 Å². The van der Waals surface area contributed by atoms with Gasteiger partial charge in [0, 0.05) is 0 Å². The van der Waals surface area contributed by atoms with E-state index in [9.17, 15) is 0 Å². The van der Waals surface area contributed by atoms with Gasteiger partial charge in [0.1, 0.15) is 0 Å². The SMILES string of the molecule is CCCCCCCCCCCCCCCCCCN.[Cl-]. The molecule has 0 heterocycles. The third-order valence-corrected chi connectivity index (χ3v) is 4.06. The Bertz CT molecular complexity index is 134. The van der Waals surface area contributed by atoms with Crippen molar-refractivity contribution in [3.8, 4) is 0 Å². The first-order chi connectivity index (χ1) is 9.41. The first-order valence-electron chi connectivity index (χ1n) is 9.12. The average molecular weight is 305 g/mol. The minimum Gasteiger partial charge on any atom is -1.00 e. The molecule has 0 unspecified atom stereocenters. The van der Waals surface area contributed by atoms with E-state index in [0.717, 1.165) is 6.54 Å². The fourth-order valence-corrected chi connectivity index (χ4v) is 2.69. The molecular formula is C18H39ClN-. The van der Waals surface area contributed by atoms with Crippen LogP contribution in [0.5, 0.6) is 0 Å². The molecule has 0 spiro atoms. The quantitative estimate of drug-likeness (QED) is 0.435. The second-order valence-corrected chi connectivity index (χ2v) is 6.09. The number of rotatable bonds is 16. The molecule has 0 rings (SSSR count). The van der Waals surface area contributed by atoms with Crippen molar-refractivity contribution in [3.63, 3.8) is 0 Å². The molecule has 20 heavy (non-hydrogen) atoms. The molecule has 0 amide bonds. The second kappa shape index (κ2) is 21.5. The van der Waals surface area contributed by atoms with Gasteiger partial charge in [-0.2, -0.15) is 0 Å². The van der Waals surface area contributed by atoms with E-state index in [2.05, 4.69) is 6.92 Å². The van der Waals surface area contributed by atoms with Crippen molar-refractivity contribution in [2.75, 3.05) is 6.54 Å². The maximum absolute atomic E-state index is 5.48. The van der Waals surface area contributed by atoms with Crippen LogP contribution in [0.1, 0.15) is 110 Å². The molecule has 0 aliphatic rings. The van der Waals surface area contributed by atoms with Gasteiger partial charge in [-0.25, -0.2) is 0 Å². The Hall–Kier alpha value is 0.250. The first-order valence-corrected chi connectivity index (χ1v) is 9.12. The Morgan fingerprint density at radius 1 is 0.450 bits per heavy atom. The van der Waals surface area contributed by atoms with Gasteiger partial charge in [-0.15, -0.1) is 0 Å². The predicted molar refractivity (Wildman–Crippen MR) is 88.6 cm³/mol. The molecule has 2 heteroatoms. The first kappa shape index (κ1) is 22.5. The van der Waals surface area contributed by atoms with Crippen molar-refractivity contribution in [3.05, 3.63) is 0 Å². The number of halogens is 1. The Morgan fingerprint density at radius 2 is 0.700 bits per heavy atom. The van der Waals surface area contributed by atoms with Gasteiger partial charge >= 0.3 is 0 Å². The van der Waals surface area contributed by atoms with Gasteiger partial charge in [-0.1, -0.05) is 103 Å². The minimum atomic E-state index is 0. The zero-order chi connectivity index (χ0) is 14.0. The van der Waals surface area contributed by atoms with Crippen LogP contribution < -0.4 is 18.1 Å². The van der Waals surface area contributed by atoms with Gasteiger partial charge in [0.05, 0.1) is 0 Å². The molecule has 0 atom stereocenters. The van der Waals surface area contributed by atoms with Gasteiger partial charge in [-0.3, -0.25) is 0 Å². The number of hydrogen-bond donors (Lipinski definition) is 1. The van der Waals surface area contributed by atoms with Crippen molar-refractivity contribution in [1.29, 1.82) is 0 Å². The molecular weight excluding hydrogens is 266 g/mol. The molecule has 0 saturated heterocycles. The smallest absolute Gasteiger partial charge is 0.00773 e. The van der Waals surface area contributed by atoms with Crippen LogP contribution in [0.4, 0.5) is 0 Å². The lowest BCUT2D eigenvalue weighted by Crippen LogP contribution is -3.00. The van der Waals surface area contributed by atoms with Crippen LogP contribution in [0.25, 0.3) is 0 Å². The molecule has 0 radical (unpaired) electrons. The van der Waals surface area contributed by atoms with E-state index in [1.165, 1.54) is 103 Å². The fourth-order valence-electron chi connectivity index (χ4n) is 2.69. The fraction of sp³-hybridized carbons (Fsp3) is 1.00. The highest BCUT2D eigenvalue weighted by molar-refractivity contribution is 4.49. The number of nitrogens with two attached hydrogens (primary N) is 1. The van der Waals surface area contributed by atoms with Gasteiger partial charge in [0.2, 0.25) is 0 Å². The molecule has 0 aromatic carbocycles. The van der Waals surface area contributed by atoms with Crippen LogP contribution in [0, 0.1) is 0 Å². The lowest BCUT2D eigenvalue weighted by atomic mass is 10.0. The molecule has 1 nitrogen and oxygen atoms in total. The summed E-state index contributed by atoms with van der Waals surface area (Å²) in [5.41, 5.74) is 5.48.